The minimum absolute atomic E-state index is 0.0443. The van der Waals surface area contributed by atoms with Crippen LogP contribution in [-0.4, -0.2) is 26.4 Å². The molecule has 0 atom stereocenters. The van der Waals surface area contributed by atoms with Crippen molar-refractivity contribution in [2.45, 2.75) is 39.9 Å². The normalized spacial score (nSPS) is 10.9. The second-order valence-electron chi connectivity index (χ2n) is 5.39. The Labute approximate surface area is 127 Å². The SMILES string of the molecule is Cc1cn(CC(=O)N(Cc2ccco2)C(C)C)c(=O)[nH]c1=O. The van der Waals surface area contributed by atoms with Crippen molar-refractivity contribution in [1.29, 1.82) is 0 Å². The van der Waals surface area contributed by atoms with Gasteiger partial charge in [0.05, 0.1) is 12.8 Å². The summed E-state index contributed by atoms with van der Waals surface area (Å²) in [6.07, 6.45) is 2.94. The number of amides is 1. The number of hydrogen-bond acceptors (Lipinski definition) is 4. The van der Waals surface area contributed by atoms with Crippen LogP contribution < -0.4 is 11.2 Å². The highest BCUT2D eigenvalue weighted by Crippen LogP contribution is 2.09. The first-order valence-corrected chi connectivity index (χ1v) is 7.00. The number of furan rings is 1. The average Bonchev–Trinajstić information content (AvgIpc) is 2.94. The van der Waals surface area contributed by atoms with Gasteiger partial charge < -0.3 is 9.32 Å². The Morgan fingerprint density at radius 1 is 1.41 bits per heavy atom. The Bertz CT molecular complexity index is 756. The summed E-state index contributed by atoms with van der Waals surface area (Å²) >= 11 is 0. The van der Waals surface area contributed by atoms with Gasteiger partial charge in [0.25, 0.3) is 5.56 Å². The second-order valence-corrected chi connectivity index (χ2v) is 5.39. The van der Waals surface area contributed by atoms with Gasteiger partial charge in [-0.2, -0.15) is 0 Å². The molecule has 7 nitrogen and oxygen atoms in total. The van der Waals surface area contributed by atoms with Crippen molar-refractivity contribution >= 4 is 5.91 Å². The highest BCUT2D eigenvalue weighted by Gasteiger charge is 2.19. The van der Waals surface area contributed by atoms with E-state index in [4.69, 9.17) is 4.42 Å². The summed E-state index contributed by atoms with van der Waals surface area (Å²) in [5.74, 6) is 0.451. The highest BCUT2D eigenvalue weighted by atomic mass is 16.3. The number of nitrogens with one attached hydrogen (secondary N) is 1. The summed E-state index contributed by atoms with van der Waals surface area (Å²) in [7, 11) is 0. The molecule has 0 radical (unpaired) electrons. The zero-order chi connectivity index (χ0) is 16.3. The van der Waals surface area contributed by atoms with Crippen LogP contribution in [0.15, 0.2) is 38.6 Å². The predicted octanol–water partition coefficient (Wildman–Crippen LogP) is 0.875. The quantitative estimate of drug-likeness (QED) is 0.888. The third-order valence-electron chi connectivity index (χ3n) is 3.34. The first kappa shape index (κ1) is 15.8. The molecular weight excluding hydrogens is 286 g/mol. The average molecular weight is 305 g/mol. The lowest BCUT2D eigenvalue weighted by molar-refractivity contribution is -0.134. The van der Waals surface area contributed by atoms with Crippen molar-refractivity contribution in [2.75, 3.05) is 0 Å². The number of nitrogens with zero attached hydrogens (tertiary/aromatic N) is 2. The molecule has 2 rings (SSSR count). The van der Waals surface area contributed by atoms with Crippen molar-refractivity contribution in [2.24, 2.45) is 0 Å². The van der Waals surface area contributed by atoms with E-state index in [9.17, 15) is 14.4 Å². The number of carbonyl (C=O) groups excluding carboxylic acids is 1. The van der Waals surface area contributed by atoms with Crippen LogP contribution in [0.3, 0.4) is 0 Å². The van der Waals surface area contributed by atoms with Gasteiger partial charge in [0.2, 0.25) is 5.91 Å². The fourth-order valence-electron chi connectivity index (χ4n) is 2.10. The Morgan fingerprint density at radius 2 is 2.14 bits per heavy atom. The molecule has 0 aliphatic heterocycles. The van der Waals surface area contributed by atoms with Gasteiger partial charge >= 0.3 is 5.69 Å². The maximum atomic E-state index is 12.5. The van der Waals surface area contributed by atoms with Gasteiger partial charge in [-0.25, -0.2) is 4.79 Å². The number of aromatic amines is 1. The number of aromatic nitrogens is 2. The van der Waals surface area contributed by atoms with Gasteiger partial charge in [-0.15, -0.1) is 0 Å². The molecule has 2 aromatic heterocycles. The van der Waals surface area contributed by atoms with Crippen molar-refractivity contribution in [3.8, 4) is 0 Å². The minimum Gasteiger partial charge on any atom is -0.467 e. The van der Waals surface area contributed by atoms with Crippen molar-refractivity contribution in [3.05, 3.63) is 56.8 Å². The molecule has 118 valence electrons. The summed E-state index contributed by atoms with van der Waals surface area (Å²) in [4.78, 5) is 39.4. The summed E-state index contributed by atoms with van der Waals surface area (Å²) in [6, 6.07) is 3.50. The van der Waals surface area contributed by atoms with E-state index < -0.39 is 11.2 Å². The molecule has 0 bridgehead atoms. The summed E-state index contributed by atoms with van der Waals surface area (Å²) in [5, 5.41) is 0. The number of carbonyl (C=O) groups is 1. The van der Waals surface area contributed by atoms with Crippen LogP contribution in [0.2, 0.25) is 0 Å². The number of aryl methyl sites for hydroxylation is 1. The Kier molecular flexibility index (Phi) is 4.65. The van der Waals surface area contributed by atoms with Crippen LogP contribution in [0.4, 0.5) is 0 Å². The molecule has 7 heteroatoms. The third-order valence-corrected chi connectivity index (χ3v) is 3.34. The third kappa shape index (κ3) is 3.55. The van der Waals surface area contributed by atoms with E-state index in [1.165, 1.54) is 10.8 Å². The van der Waals surface area contributed by atoms with Crippen LogP contribution in [0, 0.1) is 6.92 Å². The zero-order valence-electron chi connectivity index (χ0n) is 12.8. The molecule has 0 saturated heterocycles. The standard InChI is InChI=1S/C15H19N3O4/c1-10(2)18(8-12-5-4-6-22-12)13(19)9-17-7-11(3)14(20)16-15(17)21/h4-7,10H,8-9H2,1-3H3,(H,16,20,21). The molecule has 0 aliphatic carbocycles. The van der Waals surface area contributed by atoms with Gasteiger partial charge in [-0.3, -0.25) is 19.1 Å². The fourth-order valence-corrected chi connectivity index (χ4v) is 2.10. The largest absolute Gasteiger partial charge is 0.467 e. The molecule has 1 amide bonds. The smallest absolute Gasteiger partial charge is 0.328 e. The molecular formula is C15H19N3O4. The van der Waals surface area contributed by atoms with E-state index in [-0.39, 0.29) is 18.5 Å². The molecule has 0 saturated carbocycles. The second kappa shape index (κ2) is 6.46. The van der Waals surface area contributed by atoms with E-state index in [1.54, 1.807) is 30.2 Å². The van der Waals surface area contributed by atoms with E-state index in [2.05, 4.69) is 4.98 Å². The Balaban J connectivity index is 2.20. The number of hydrogen-bond donors (Lipinski definition) is 1. The van der Waals surface area contributed by atoms with E-state index in [1.807, 2.05) is 13.8 Å². The zero-order valence-corrected chi connectivity index (χ0v) is 12.8. The molecule has 0 aliphatic rings. The molecule has 2 heterocycles. The minimum atomic E-state index is -0.592. The first-order chi connectivity index (χ1) is 10.4. The van der Waals surface area contributed by atoms with Crippen LogP contribution in [-0.2, 0) is 17.9 Å². The van der Waals surface area contributed by atoms with Gasteiger partial charge in [-0.1, -0.05) is 0 Å². The Morgan fingerprint density at radius 3 is 2.73 bits per heavy atom. The summed E-state index contributed by atoms with van der Waals surface area (Å²) in [5.41, 5.74) is -0.648. The van der Waals surface area contributed by atoms with Crippen LogP contribution in [0.1, 0.15) is 25.2 Å². The van der Waals surface area contributed by atoms with Crippen molar-refractivity contribution < 1.29 is 9.21 Å². The predicted molar refractivity (Wildman–Crippen MR) is 80.5 cm³/mol. The molecule has 0 aromatic carbocycles. The summed E-state index contributed by atoms with van der Waals surface area (Å²) < 4.78 is 6.47. The van der Waals surface area contributed by atoms with Crippen molar-refractivity contribution in [3.63, 3.8) is 0 Å². The van der Waals surface area contributed by atoms with Crippen LogP contribution >= 0.6 is 0 Å². The van der Waals surface area contributed by atoms with E-state index >= 15 is 0 Å². The number of rotatable bonds is 5. The maximum absolute atomic E-state index is 12.5. The van der Waals surface area contributed by atoms with Gasteiger partial charge in [0.1, 0.15) is 12.3 Å². The monoisotopic (exact) mass is 305 g/mol. The number of H-pyrrole nitrogens is 1. The molecule has 0 fully saturated rings. The van der Waals surface area contributed by atoms with Gasteiger partial charge in [0.15, 0.2) is 0 Å². The highest BCUT2D eigenvalue weighted by molar-refractivity contribution is 5.76. The molecule has 22 heavy (non-hydrogen) atoms. The van der Waals surface area contributed by atoms with Gasteiger partial charge in [-0.05, 0) is 32.9 Å². The fraction of sp³-hybridized carbons (Fsp3) is 0.400. The Hall–Kier alpha value is -2.57. The van der Waals surface area contributed by atoms with E-state index in [0.29, 0.717) is 17.9 Å². The molecule has 2 aromatic rings. The van der Waals surface area contributed by atoms with Crippen LogP contribution in [0.5, 0.6) is 0 Å². The van der Waals surface area contributed by atoms with Gasteiger partial charge in [0, 0.05) is 17.8 Å². The molecule has 1 N–H and O–H groups in total. The summed E-state index contributed by atoms with van der Waals surface area (Å²) in [6.45, 7) is 5.57. The molecule has 0 unspecified atom stereocenters. The first-order valence-electron chi connectivity index (χ1n) is 7.00. The topological polar surface area (TPSA) is 88.3 Å². The maximum Gasteiger partial charge on any atom is 0.328 e. The van der Waals surface area contributed by atoms with Crippen molar-refractivity contribution in [1.82, 2.24) is 14.5 Å². The van der Waals surface area contributed by atoms with Crippen LogP contribution in [0.25, 0.3) is 0 Å². The lowest BCUT2D eigenvalue weighted by Crippen LogP contribution is -2.41. The lowest BCUT2D eigenvalue weighted by atomic mass is 10.2. The lowest BCUT2D eigenvalue weighted by Gasteiger charge is -2.26. The van der Waals surface area contributed by atoms with E-state index in [0.717, 1.165) is 0 Å². The molecule has 0 spiro atoms.